The lowest BCUT2D eigenvalue weighted by Crippen LogP contribution is -2.43. The number of sulfone groups is 1. The maximum Gasteiger partial charge on any atom is 0.261 e. The highest BCUT2D eigenvalue weighted by Gasteiger charge is 2.34. The number of hydrogen-bond acceptors (Lipinski definition) is 5. The van der Waals surface area contributed by atoms with Crippen molar-refractivity contribution in [3.63, 3.8) is 0 Å². The molecule has 2 aromatic carbocycles. The van der Waals surface area contributed by atoms with Gasteiger partial charge in [-0.3, -0.25) is 4.79 Å². The molecule has 0 saturated carbocycles. The zero-order valence-electron chi connectivity index (χ0n) is 19.5. The molecule has 0 spiro atoms. The first-order chi connectivity index (χ1) is 15.2. The van der Waals surface area contributed by atoms with Crippen LogP contribution in [0.3, 0.4) is 0 Å². The molecule has 3 rings (SSSR count). The average molecular weight is 459 g/mol. The summed E-state index contributed by atoms with van der Waals surface area (Å²) < 4.78 is 30.0. The Labute approximate surface area is 192 Å². The highest BCUT2D eigenvalue weighted by atomic mass is 32.2. The molecule has 2 aromatic rings. The van der Waals surface area contributed by atoms with Gasteiger partial charge < -0.3 is 14.5 Å². The minimum atomic E-state index is -3.11. The monoisotopic (exact) mass is 458 g/mol. The summed E-state index contributed by atoms with van der Waals surface area (Å²) in [5, 5.41) is 0. The Morgan fingerprint density at radius 2 is 1.75 bits per heavy atom. The first kappa shape index (κ1) is 24.1. The predicted octanol–water partition coefficient (Wildman–Crippen LogP) is 3.74. The number of aryl methyl sites for hydroxylation is 1. The first-order valence-electron chi connectivity index (χ1n) is 11.3. The third-order valence-corrected chi connectivity index (χ3v) is 8.04. The van der Waals surface area contributed by atoms with Crippen molar-refractivity contribution >= 4 is 21.4 Å². The zero-order valence-corrected chi connectivity index (χ0v) is 20.3. The molecule has 0 N–H and O–H groups in total. The Morgan fingerprint density at radius 1 is 1.06 bits per heavy atom. The third kappa shape index (κ3) is 5.82. The highest BCUT2D eigenvalue weighted by Crippen LogP contribution is 2.24. The molecule has 32 heavy (non-hydrogen) atoms. The van der Waals surface area contributed by atoms with Crippen molar-refractivity contribution in [3.05, 3.63) is 59.2 Å². The van der Waals surface area contributed by atoms with Crippen LogP contribution in [-0.2, 0) is 21.2 Å². The Kier molecular flexibility index (Phi) is 7.82. The molecular weight excluding hydrogens is 424 g/mol. The van der Waals surface area contributed by atoms with E-state index in [4.69, 9.17) is 4.74 Å². The Hall–Kier alpha value is -2.54. The molecule has 7 heteroatoms. The minimum Gasteiger partial charge on any atom is -0.483 e. The second kappa shape index (κ2) is 10.4. The smallest absolute Gasteiger partial charge is 0.261 e. The van der Waals surface area contributed by atoms with Crippen LogP contribution in [0, 0.1) is 13.8 Å². The molecule has 0 aromatic heterocycles. The number of nitrogens with zero attached hydrogens (tertiary/aromatic N) is 2. The van der Waals surface area contributed by atoms with E-state index >= 15 is 0 Å². The van der Waals surface area contributed by atoms with Crippen molar-refractivity contribution in [1.29, 1.82) is 0 Å². The minimum absolute atomic E-state index is 0.0136. The van der Waals surface area contributed by atoms with Gasteiger partial charge in [0.05, 0.1) is 11.5 Å². The summed E-state index contributed by atoms with van der Waals surface area (Å²) in [4.78, 5) is 17.1. The number of amides is 1. The van der Waals surface area contributed by atoms with Crippen LogP contribution in [0.1, 0.15) is 37.0 Å². The lowest BCUT2D eigenvalue weighted by Gasteiger charge is -2.29. The summed E-state index contributed by atoms with van der Waals surface area (Å²) in [7, 11) is -3.11. The third-order valence-electron chi connectivity index (χ3n) is 6.29. The molecule has 6 nitrogen and oxygen atoms in total. The van der Waals surface area contributed by atoms with Gasteiger partial charge in [-0.1, -0.05) is 24.3 Å². The molecule has 1 amide bonds. The molecule has 1 unspecified atom stereocenters. The van der Waals surface area contributed by atoms with Gasteiger partial charge in [-0.05, 0) is 69.0 Å². The van der Waals surface area contributed by atoms with Gasteiger partial charge in [0.15, 0.2) is 16.4 Å². The number of rotatable bonds is 9. The van der Waals surface area contributed by atoms with E-state index in [0.717, 1.165) is 35.5 Å². The van der Waals surface area contributed by atoms with Crippen LogP contribution in [0.5, 0.6) is 5.75 Å². The Bertz CT molecular complexity index is 1030. The fourth-order valence-corrected chi connectivity index (χ4v) is 5.87. The molecule has 1 fully saturated rings. The molecule has 0 radical (unpaired) electrons. The number of hydrogen-bond donors (Lipinski definition) is 0. The molecule has 1 aliphatic heterocycles. The standard InChI is InChI=1S/C25H34N2O4S/c1-5-26(6-2)22-12-10-21(11-13-22)16-27(23-14-15-32(29,30)18-23)25(28)17-31-24-9-7-8-19(3)20(24)4/h7-13,23H,5-6,14-18H2,1-4H3. The molecule has 1 atom stereocenters. The summed E-state index contributed by atoms with van der Waals surface area (Å²) in [6.07, 6.45) is 0.467. The van der Waals surface area contributed by atoms with E-state index in [-0.39, 0.29) is 30.1 Å². The average Bonchev–Trinajstić information content (AvgIpc) is 3.14. The summed E-state index contributed by atoms with van der Waals surface area (Å²) >= 11 is 0. The van der Waals surface area contributed by atoms with E-state index in [1.54, 1.807) is 4.90 Å². The number of ether oxygens (including phenoxy) is 1. The number of benzene rings is 2. The van der Waals surface area contributed by atoms with Crippen LogP contribution in [0.2, 0.25) is 0 Å². The van der Waals surface area contributed by atoms with Crippen LogP contribution in [0.25, 0.3) is 0 Å². The predicted molar refractivity (Wildman–Crippen MR) is 129 cm³/mol. The van der Waals surface area contributed by atoms with E-state index in [1.165, 1.54) is 0 Å². The van der Waals surface area contributed by atoms with Gasteiger partial charge in [0, 0.05) is 31.4 Å². The maximum absolute atomic E-state index is 13.2. The molecule has 1 aliphatic rings. The van der Waals surface area contributed by atoms with Crippen LogP contribution < -0.4 is 9.64 Å². The van der Waals surface area contributed by atoms with Crippen LogP contribution in [-0.4, -0.2) is 56.5 Å². The van der Waals surface area contributed by atoms with Gasteiger partial charge in [0.25, 0.3) is 5.91 Å². The molecule has 174 valence electrons. The van der Waals surface area contributed by atoms with Gasteiger partial charge >= 0.3 is 0 Å². The van der Waals surface area contributed by atoms with E-state index in [1.807, 2.05) is 44.2 Å². The molecule has 0 aliphatic carbocycles. The van der Waals surface area contributed by atoms with Gasteiger partial charge in [-0.15, -0.1) is 0 Å². The van der Waals surface area contributed by atoms with E-state index < -0.39 is 9.84 Å². The van der Waals surface area contributed by atoms with Crippen molar-refractivity contribution in [2.24, 2.45) is 0 Å². The molecule has 0 bridgehead atoms. The Balaban J connectivity index is 1.76. The molecular formula is C25H34N2O4S. The van der Waals surface area contributed by atoms with Crippen molar-refractivity contribution in [3.8, 4) is 5.75 Å². The number of carbonyl (C=O) groups excluding carboxylic acids is 1. The first-order valence-corrected chi connectivity index (χ1v) is 13.1. The lowest BCUT2D eigenvalue weighted by atomic mass is 10.1. The van der Waals surface area contributed by atoms with E-state index in [2.05, 4.69) is 30.9 Å². The number of anilines is 1. The highest BCUT2D eigenvalue weighted by molar-refractivity contribution is 7.91. The summed E-state index contributed by atoms with van der Waals surface area (Å²) in [6.45, 7) is 10.3. The van der Waals surface area contributed by atoms with E-state index in [0.29, 0.717) is 18.7 Å². The van der Waals surface area contributed by atoms with Crippen LogP contribution in [0.4, 0.5) is 5.69 Å². The summed E-state index contributed by atoms with van der Waals surface area (Å²) in [5.41, 5.74) is 4.22. The topological polar surface area (TPSA) is 66.9 Å². The SMILES string of the molecule is CCN(CC)c1ccc(CN(C(=O)COc2cccc(C)c2C)C2CCS(=O)(=O)C2)cc1. The maximum atomic E-state index is 13.2. The van der Waals surface area contributed by atoms with Gasteiger partial charge in [-0.2, -0.15) is 0 Å². The van der Waals surface area contributed by atoms with Gasteiger partial charge in [-0.25, -0.2) is 8.42 Å². The van der Waals surface area contributed by atoms with Crippen LogP contribution in [0.15, 0.2) is 42.5 Å². The molecule has 1 saturated heterocycles. The fourth-order valence-electron chi connectivity index (χ4n) is 4.14. The van der Waals surface area contributed by atoms with Crippen LogP contribution >= 0.6 is 0 Å². The normalized spacial score (nSPS) is 17.2. The zero-order chi connectivity index (χ0) is 23.3. The summed E-state index contributed by atoms with van der Waals surface area (Å²) in [5.74, 6) is 0.627. The van der Waals surface area contributed by atoms with E-state index in [9.17, 15) is 13.2 Å². The largest absolute Gasteiger partial charge is 0.483 e. The second-order valence-corrected chi connectivity index (χ2v) is 10.6. The quantitative estimate of drug-likeness (QED) is 0.573. The van der Waals surface area contributed by atoms with Crippen molar-refractivity contribution < 1.29 is 17.9 Å². The summed E-state index contributed by atoms with van der Waals surface area (Å²) in [6, 6.07) is 13.6. The Morgan fingerprint density at radius 3 is 2.34 bits per heavy atom. The number of carbonyl (C=O) groups is 1. The fraction of sp³-hybridized carbons (Fsp3) is 0.480. The molecule has 1 heterocycles. The van der Waals surface area contributed by atoms with Crippen molar-refractivity contribution in [2.75, 3.05) is 36.1 Å². The van der Waals surface area contributed by atoms with Crippen molar-refractivity contribution in [1.82, 2.24) is 4.90 Å². The van der Waals surface area contributed by atoms with Crippen molar-refractivity contribution in [2.45, 2.75) is 46.7 Å². The van der Waals surface area contributed by atoms with Gasteiger partial charge in [0.2, 0.25) is 0 Å². The second-order valence-electron chi connectivity index (χ2n) is 8.40. The van der Waals surface area contributed by atoms with Gasteiger partial charge in [0.1, 0.15) is 5.75 Å². The lowest BCUT2D eigenvalue weighted by molar-refractivity contribution is -0.136.